The van der Waals surface area contributed by atoms with Crippen LogP contribution >= 0.6 is 11.3 Å². The molecule has 2 atom stereocenters. The number of Topliss-reactive ketones (excluding diaryl/α,β-unsaturated/α-hetero) is 1. The summed E-state index contributed by atoms with van der Waals surface area (Å²) in [7, 11) is 0. The van der Waals surface area contributed by atoms with E-state index >= 15 is 0 Å². The highest BCUT2D eigenvalue weighted by atomic mass is 32.1. The van der Waals surface area contributed by atoms with E-state index in [1.165, 1.54) is 17.7 Å². The van der Waals surface area contributed by atoms with Crippen molar-refractivity contribution in [1.29, 1.82) is 0 Å². The first-order valence-electron chi connectivity index (χ1n) is 6.03. The number of carbonyl (C=O) groups is 1. The van der Waals surface area contributed by atoms with Gasteiger partial charge < -0.3 is 0 Å². The number of aryl methyl sites for hydroxylation is 2. The largest absolute Gasteiger partial charge is 0.299 e. The summed E-state index contributed by atoms with van der Waals surface area (Å²) in [6.07, 6.45) is 4.07. The molecule has 0 N–H and O–H groups in total. The maximum atomic E-state index is 12.1. The number of rotatable bonds is 3. The summed E-state index contributed by atoms with van der Waals surface area (Å²) < 4.78 is 0. The monoisotopic (exact) mass is 237 g/mol. The molecule has 0 spiro atoms. The van der Waals surface area contributed by atoms with E-state index < -0.39 is 0 Å². The number of thiazole rings is 1. The lowest BCUT2D eigenvalue weighted by Gasteiger charge is -2.12. The van der Waals surface area contributed by atoms with Crippen LogP contribution in [-0.2, 0) is 11.2 Å². The molecule has 0 bridgehead atoms. The fraction of sp³-hybridized carbons (Fsp3) is 0.692. The molecule has 0 radical (unpaired) electrons. The summed E-state index contributed by atoms with van der Waals surface area (Å²) in [6.45, 7) is 6.28. The van der Waals surface area contributed by atoms with Crippen LogP contribution in [0.4, 0.5) is 0 Å². The van der Waals surface area contributed by atoms with Gasteiger partial charge in [-0.3, -0.25) is 4.79 Å². The Morgan fingerprint density at radius 1 is 1.44 bits per heavy atom. The Balaban J connectivity index is 2.01. The normalized spacial score (nSPS) is 24.9. The maximum absolute atomic E-state index is 12.1. The smallest absolute Gasteiger partial charge is 0.143 e. The second-order valence-electron chi connectivity index (χ2n) is 4.91. The summed E-state index contributed by atoms with van der Waals surface area (Å²) in [5, 5.41) is 0.999. The van der Waals surface area contributed by atoms with E-state index in [1.807, 2.05) is 6.92 Å². The summed E-state index contributed by atoms with van der Waals surface area (Å²) in [4.78, 5) is 17.8. The molecule has 0 aliphatic heterocycles. The lowest BCUT2D eigenvalue weighted by molar-refractivity contribution is -0.123. The molecule has 0 saturated heterocycles. The quantitative estimate of drug-likeness (QED) is 0.807. The number of hydrogen-bond donors (Lipinski definition) is 0. The predicted molar refractivity (Wildman–Crippen MR) is 66.8 cm³/mol. The van der Waals surface area contributed by atoms with Gasteiger partial charge in [-0.2, -0.15) is 0 Å². The average Bonchev–Trinajstić information content (AvgIpc) is 2.74. The van der Waals surface area contributed by atoms with Gasteiger partial charge in [-0.05, 0) is 32.6 Å². The lowest BCUT2D eigenvalue weighted by Crippen LogP contribution is -2.18. The molecule has 1 saturated carbocycles. The molecule has 1 aliphatic rings. The van der Waals surface area contributed by atoms with Crippen LogP contribution in [0.15, 0.2) is 0 Å². The third-order valence-corrected chi connectivity index (χ3v) is 4.75. The van der Waals surface area contributed by atoms with Crippen LogP contribution in [0.2, 0.25) is 0 Å². The van der Waals surface area contributed by atoms with Gasteiger partial charge in [0, 0.05) is 10.8 Å². The Kier molecular flexibility index (Phi) is 3.43. The molecule has 0 amide bonds. The highest BCUT2D eigenvalue weighted by molar-refractivity contribution is 7.11. The molecule has 1 aliphatic carbocycles. The van der Waals surface area contributed by atoms with Crippen molar-refractivity contribution in [3.05, 3.63) is 15.6 Å². The van der Waals surface area contributed by atoms with E-state index in [1.54, 1.807) is 11.3 Å². The van der Waals surface area contributed by atoms with Crippen molar-refractivity contribution < 1.29 is 4.79 Å². The van der Waals surface area contributed by atoms with Crippen molar-refractivity contribution in [1.82, 2.24) is 4.98 Å². The Morgan fingerprint density at radius 3 is 2.69 bits per heavy atom. The van der Waals surface area contributed by atoms with Gasteiger partial charge in [0.15, 0.2) is 0 Å². The Labute approximate surface area is 101 Å². The minimum absolute atomic E-state index is 0.296. The van der Waals surface area contributed by atoms with Crippen molar-refractivity contribution in [2.75, 3.05) is 0 Å². The van der Waals surface area contributed by atoms with Crippen LogP contribution in [0.25, 0.3) is 0 Å². The number of nitrogens with zero attached hydrogens (tertiary/aromatic N) is 1. The minimum atomic E-state index is 0.296. The summed E-state index contributed by atoms with van der Waals surface area (Å²) in [5.74, 6) is 1.28. The number of ketones is 1. The fourth-order valence-corrected chi connectivity index (χ4v) is 3.46. The van der Waals surface area contributed by atoms with Crippen LogP contribution in [-0.4, -0.2) is 10.8 Å². The van der Waals surface area contributed by atoms with Crippen LogP contribution in [0.3, 0.4) is 0 Å². The van der Waals surface area contributed by atoms with Crippen LogP contribution in [0.1, 0.15) is 41.8 Å². The van der Waals surface area contributed by atoms with Gasteiger partial charge in [-0.25, -0.2) is 4.98 Å². The summed E-state index contributed by atoms with van der Waals surface area (Å²) >= 11 is 1.67. The molecule has 0 aromatic carbocycles. The number of carbonyl (C=O) groups excluding carboxylic acids is 1. The lowest BCUT2D eigenvalue weighted by atomic mass is 9.92. The van der Waals surface area contributed by atoms with Gasteiger partial charge in [-0.15, -0.1) is 11.3 Å². The highest BCUT2D eigenvalue weighted by Crippen LogP contribution is 2.33. The first-order chi connectivity index (χ1) is 7.58. The Bertz CT molecular complexity index is 377. The standard InChI is InChI=1S/C13H19NOS/c1-8-5-4-6-11(8)12(15)7-13-14-9(2)10(3)16-13/h8,11H,4-7H2,1-3H3. The zero-order valence-corrected chi connectivity index (χ0v) is 11.1. The SMILES string of the molecule is Cc1nc(CC(=O)C2CCCC2C)sc1C. The van der Waals surface area contributed by atoms with Crippen molar-refractivity contribution >= 4 is 17.1 Å². The van der Waals surface area contributed by atoms with Gasteiger partial charge >= 0.3 is 0 Å². The van der Waals surface area contributed by atoms with E-state index in [0.29, 0.717) is 24.0 Å². The minimum Gasteiger partial charge on any atom is -0.299 e. The molecule has 1 aromatic rings. The topological polar surface area (TPSA) is 30.0 Å². The third kappa shape index (κ3) is 2.34. The molecule has 1 heterocycles. The van der Waals surface area contributed by atoms with Crippen molar-refractivity contribution in [2.45, 2.75) is 46.5 Å². The predicted octanol–water partition coefficient (Wildman–Crippen LogP) is 3.31. The van der Waals surface area contributed by atoms with Crippen LogP contribution in [0.5, 0.6) is 0 Å². The molecule has 2 rings (SSSR count). The molecule has 1 fully saturated rings. The zero-order valence-electron chi connectivity index (χ0n) is 10.2. The van der Waals surface area contributed by atoms with Crippen LogP contribution in [0, 0.1) is 25.7 Å². The maximum Gasteiger partial charge on any atom is 0.143 e. The van der Waals surface area contributed by atoms with E-state index in [4.69, 9.17) is 0 Å². The first kappa shape index (κ1) is 11.8. The highest BCUT2D eigenvalue weighted by Gasteiger charge is 2.29. The van der Waals surface area contributed by atoms with E-state index in [0.717, 1.165) is 17.1 Å². The van der Waals surface area contributed by atoms with Gasteiger partial charge in [-0.1, -0.05) is 13.3 Å². The van der Waals surface area contributed by atoms with E-state index in [2.05, 4.69) is 18.8 Å². The molecular weight excluding hydrogens is 218 g/mol. The molecule has 1 aromatic heterocycles. The number of aromatic nitrogens is 1. The Hall–Kier alpha value is -0.700. The van der Waals surface area contributed by atoms with Gasteiger partial charge in [0.1, 0.15) is 10.8 Å². The van der Waals surface area contributed by atoms with E-state index in [9.17, 15) is 4.79 Å². The summed E-state index contributed by atoms with van der Waals surface area (Å²) in [5.41, 5.74) is 1.08. The second kappa shape index (κ2) is 4.66. The summed E-state index contributed by atoms with van der Waals surface area (Å²) in [6, 6.07) is 0. The molecule has 16 heavy (non-hydrogen) atoms. The molecule has 3 heteroatoms. The van der Waals surface area contributed by atoms with Gasteiger partial charge in [0.05, 0.1) is 12.1 Å². The molecular formula is C13H19NOS. The van der Waals surface area contributed by atoms with Crippen molar-refractivity contribution in [3.63, 3.8) is 0 Å². The van der Waals surface area contributed by atoms with Crippen LogP contribution < -0.4 is 0 Å². The molecule has 88 valence electrons. The van der Waals surface area contributed by atoms with Crippen molar-refractivity contribution in [3.8, 4) is 0 Å². The second-order valence-corrected chi connectivity index (χ2v) is 6.19. The van der Waals surface area contributed by atoms with E-state index in [-0.39, 0.29) is 0 Å². The number of hydrogen-bond acceptors (Lipinski definition) is 3. The third-order valence-electron chi connectivity index (χ3n) is 3.67. The molecule has 2 nitrogen and oxygen atoms in total. The van der Waals surface area contributed by atoms with Gasteiger partial charge in [0.25, 0.3) is 0 Å². The molecule has 2 unspecified atom stereocenters. The van der Waals surface area contributed by atoms with Crippen molar-refractivity contribution in [2.24, 2.45) is 11.8 Å². The Morgan fingerprint density at radius 2 is 2.19 bits per heavy atom. The van der Waals surface area contributed by atoms with Gasteiger partial charge in [0.2, 0.25) is 0 Å². The zero-order chi connectivity index (χ0) is 11.7. The average molecular weight is 237 g/mol. The first-order valence-corrected chi connectivity index (χ1v) is 6.85. The fourth-order valence-electron chi connectivity index (χ4n) is 2.52.